The summed E-state index contributed by atoms with van der Waals surface area (Å²) in [4.78, 5) is 27.6. The van der Waals surface area contributed by atoms with E-state index in [9.17, 15) is 18.4 Å². The van der Waals surface area contributed by atoms with Gasteiger partial charge in [-0.3, -0.25) is 15.0 Å². The van der Waals surface area contributed by atoms with Crippen molar-refractivity contribution in [3.63, 3.8) is 0 Å². The molecule has 0 radical (unpaired) electrons. The van der Waals surface area contributed by atoms with Gasteiger partial charge in [0.05, 0.1) is 11.1 Å². The van der Waals surface area contributed by atoms with Crippen molar-refractivity contribution in [2.45, 2.75) is 0 Å². The molecule has 1 aromatic heterocycles. The molecule has 1 heterocycles. The van der Waals surface area contributed by atoms with Crippen LogP contribution >= 0.6 is 11.6 Å². The zero-order chi connectivity index (χ0) is 15.6. The van der Waals surface area contributed by atoms with Gasteiger partial charge in [-0.05, 0) is 18.2 Å². The smallest absolute Gasteiger partial charge is 0.269 e. The maximum Gasteiger partial charge on any atom is 0.269 e. The van der Waals surface area contributed by atoms with Gasteiger partial charge in [-0.15, -0.1) is 0 Å². The minimum atomic E-state index is -1.05. The molecule has 8 heteroatoms. The number of hydrogen-bond donors (Lipinski definition) is 2. The first-order chi connectivity index (χ1) is 9.97. The lowest BCUT2D eigenvalue weighted by atomic mass is 9.99. The standard InChI is InChI=1S/C13H8ClF2N3O2/c14-12-9(13(21)19-17)6(4-5-18-12)11(20)10-7(15)2-1-3-8(10)16/h1-5H,17H2,(H,19,21). The van der Waals surface area contributed by atoms with Crippen LogP contribution in [0.4, 0.5) is 8.78 Å². The van der Waals surface area contributed by atoms with Crippen LogP contribution in [0.25, 0.3) is 0 Å². The Bertz CT molecular complexity index is 717. The lowest BCUT2D eigenvalue weighted by Crippen LogP contribution is -2.32. The fraction of sp³-hybridized carbons (Fsp3) is 0. The van der Waals surface area contributed by atoms with Crippen molar-refractivity contribution in [1.29, 1.82) is 0 Å². The third-order valence-corrected chi connectivity index (χ3v) is 2.98. The molecule has 2 aromatic rings. The van der Waals surface area contributed by atoms with E-state index in [0.717, 1.165) is 30.5 Å². The monoisotopic (exact) mass is 311 g/mol. The number of carbonyl (C=O) groups excluding carboxylic acids is 2. The van der Waals surface area contributed by atoms with Gasteiger partial charge in [-0.2, -0.15) is 0 Å². The molecule has 0 aliphatic rings. The fourth-order valence-electron chi connectivity index (χ4n) is 1.76. The molecule has 0 fully saturated rings. The van der Waals surface area contributed by atoms with Crippen molar-refractivity contribution in [2.24, 2.45) is 5.84 Å². The molecule has 0 unspecified atom stereocenters. The topological polar surface area (TPSA) is 85.1 Å². The van der Waals surface area contributed by atoms with Crippen LogP contribution in [0.15, 0.2) is 30.5 Å². The minimum absolute atomic E-state index is 0.304. The second-order valence-corrected chi connectivity index (χ2v) is 4.28. The lowest BCUT2D eigenvalue weighted by molar-refractivity contribution is 0.0940. The van der Waals surface area contributed by atoms with Crippen LogP contribution in [0.2, 0.25) is 5.15 Å². The second kappa shape index (κ2) is 5.94. The molecule has 0 aliphatic carbocycles. The summed E-state index contributed by atoms with van der Waals surface area (Å²) < 4.78 is 27.3. The quantitative estimate of drug-likeness (QED) is 0.298. The number of nitrogen functional groups attached to an aromatic ring is 1. The number of nitrogens with zero attached hydrogens (tertiary/aromatic N) is 1. The van der Waals surface area contributed by atoms with Crippen molar-refractivity contribution in [3.05, 3.63) is 63.9 Å². The first-order valence-corrected chi connectivity index (χ1v) is 5.99. The zero-order valence-electron chi connectivity index (χ0n) is 10.4. The van der Waals surface area contributed by atoms with Gasteiger partial charge in [-0.25, -0.2) is 19.6 Å². The largest absolute Gasteiger partial charge is 0.290 e. The van der Waals surface area contributed by atoms with Crippen molar-refractivity contribution in [2.75, 3.05) is 0 Å². The fourth-order valence-corrected chi connectivity index (χ4v) is 2.01. The molecule has 21 heavy (non-hydrogen) atoms. The Morgan fingerprint density at radius 1 is 1.14 bits per heavy atom. The SMILES string of the molecule is NNC(=O)c1c(C(=O)c2c(F)cccc2F)ccnc1Cl. The van der Waals surface area contributed by atoms with Crippen molar-refractivity contribution < 1.29 is 18.4 Å². The molecule has 1 amide bonds. The Hall–Kier alpha value is -2.38. The first-order valence-electron chi connectivity index (χ1n) is 5.61. The Morgan fingerprint density at radius 2 is 1.76 bits per heavy atom. The molecule has 0 atom stereocenters. The van der Waals surface area contributed by atoms with Gasteiger partial charge < -0.3 is 0 Å². The van der Waals surface area contributed by atoms with E-state index < -0.39 is 28.9 Å². The van der Waals surface area contributed by atoms with E-state index in [4.69, 9.17) is 17.4 Å². The van der Waals surface area contributed by atoms with E-state index in [2.05, 4.69) is 4.98 Å². The van der Waals surface area contributed by atoms with Gasteiger partial charge in [-0.1, -0.05) is 17.7 Å². The maximum absolute atomic E-state index is 13.7. The molecule has 0 aliphatic heterocycles. The molecule has 0 bridgehead atoms. The Labute approximate surface area is 122 Å². The first kappa shape index (κ1) is 15.0. The molecule has 108 valence electrons. The number of hydrazine groups is 1. The number of pyridine rings is 1. The highest BCUT2D eigenvalue weighted by Crippen LogP contribution is 2.23. The van der Waals surface area contributed by atoms with Crippen molar-refractivity contribution in [1.82, 2.24) is 10.4 Å². The Morgan fingerprint density at radius 3 is 2.33 bits per heavy atom. The lowest BCUT2D eigenvalue weighted by Gasteiger charge is -2.09. The molecule has 0 spiro atoms. The van der Waals surface area contributed by atoms with Crippen molar-refractivity contribution in [3.8, 4) is 0 Å². The molecule has 0 saturated heterocycles. The van der Waals surface area contributed by atoms with E-state index in [1.807, 2.05) is 0 Å². The summed E-state index contributed by atoms with van der Waals surface area (Å²) in [7, 11) is 0. The molecule has 2 rings (SSSR count). The van der Waals surface area contributed by atoms with E-state index in [1.54, 1.807) is 5.43 Å². The molecular formula is C13H8ClF2N3O2. The molecule has 0 saturated carbocycles. The summed E-state index contributed by atoms with van der Waals surface area (Å²) in [5.41, 5.74) is 0.352. The van der Waals surface area contributed by atoms with Crippen LogP contribution in [0.5, 0.6) is 0 Å². The van der Waals surface area contributed by atoms with Gasteiger partial charge in [0.1, 0.15) is 16.8 Å². The molecule has 1 aromatic carbocycles. The van der Waals surface area contributed by atoms with Crippen LogP contribution in [-0.4, -0.2) is 16.7 Å². The maximum atomic E-state index is 13.7. The van der Waals surface area contributed by atoms with Gasteiger partial charge in [0.15, 0.2) is 5.78 Å². The molecular weight excluding hydrogens is 304 g/mol. The summed E-state index contributed by atoms with van der Waals surface area (Å²) in [5.74, 6) is 0.968. The summed E-state index contributed by atoms with van der Waals surface area (Å²) >= 11 is 5.75. The van der Waals surface area contributed by atoms with E-state index in [1.165, 1.54) is 0 Å². The third-order valence-electron chi connectivity index (χ3n) is 2.70. The number of carbonyl (C=O) groups is 2. The number of amides is 1. The van der Waals surface area contributed by atoms with Gasteiger partial charge in [0.2, 0.25) is 0 Å². The van der Waals surface area contributed by atoms with Crippen LogP contribution < -0.4 is 11.3 Å². The Kier molecular flexibility index (Phi) is 4.25. The number of nitrogens with one attached hydrogen (secondary N) is 1. The second-order valence-electron chi connectivity index (χ2n) is 3.92. The van der Waals surface area contributed by atoms with Crippen LogP contribution in [0.3, 0.4) is 0 Å². The average Bonchev–Trinajstić information content (AvgIpc) is 2.45. The van der Waals surface area contributed by atoms with Crippen LogP contribution in [-0.2, 0) is 0 Å². The highest BCUT2D eigenvalue weighted by atomic mass is 35.5. The summed E-state index contributed by atoms with van der Waals surface area (Å²) in [6.45, 7) is 0. The number of ketones is 1. The van der Waals surface area contributed by atoms with Crippen molar-refractivity contribution >= 4 is 23.3 Å². The number of nitrogens with two attached hydrogens (primary N) is 1. The van der Waals surface area contributed by atoms with Gasteiger partial charge in [0.25, 0.3) is 5.91 Å². The molecule has 5 nitrogen and oxygen atoms in total. The molecule has 3 N–H and O–H groups in total. The average molecular weight is 312 g/mol. The number of benzene rings is 1. The summed E-state index contributed by atoms with van der Waals surface area (Å²) in [5, 5.41) is -0.305. The highest BCUT2D eigenvalue weighted by Gasteiger charge is 2.25. The normalized spacial score (nSPS) is 10.3. The van der Waals surface area contributed by atoms with E-state index in [-0.39, 0.29) is 16.3 Å². The predicted octanol–water partition coefficient (Wildman–Crippen LogP) is 1.85. The van der Waals surface area contributed by atoms with Gasteiger partial charge >= 0.3 is 0 Å². The summed E-state index contributed by atoms with van der Waals surface area (Å²) in [6.07, 6.45) is 1.14. The third kappa shape index (κ3) is 2.74. The zero-order valence-corrected chi connectivity index (χ0v) is 11.1. The van der Waals surface area contributed by atoms with Crippen LogP contribution in [0.1, 0.15) is 26.3 Å². The van der Waals surface area contributed by atoms with Gasteiger partial charge in [0, 0.05) is 11.8 Å². The number of rotatable bonds is 3. The number of halogens is 3. The van der Waals surface area contributed by atoms with Crippen LogP contribution in [0, 0.1) is 11.6 Å². The number of aromatic nitrogens is 1. The minimum Gasteiger partial charge on any atom is -0.290 e. The predicted molar refractivity (Wildman–Crippen MR) is 70.7 cm³/mol. The van der Waals surface area contributed by atoms with E-state index in [0.29, 0.717) is 0 Å². The van der Waals surface area contributed by atoms with E-state index >= 15 is 0 Å². The number of hydrogen-bond acceptors (Lipinski definition) is 4. The Balaban J connectivity index is 2.65. The highest BCUT2D eigenvalue weighted by molar-refractivity contribution is 6.34. The summed E-state index contributed by atoms with van der Waals surface area (Å²) in [6, 6.07) is 4.11.